The summed E-state index contributed by atoms with van der Waals surface area (Å²) in [7, 11) is 0. The highest BCUT2D eigenvalue weighted by atomic mass is 16.2. The van der Waals surface area contributed by atoms with Gasteiger partial charge in [0.05, 0.1) is 0 Å². The van der Waals surface area contributed by atoms with Gasteiger partial charge >= 0.3 is 0 Å². The van der Waals surface area contributed by atoms with Crippen LogP contribution in [0.4, 0.5) is 5.69 Å². The van der Waals surface area contributed by atoms with Crippen molar-refractivity contribution in [3.8, 4) is 0 Å². The Balaban J connectivity index is 1.47. The Hall–Kier alpha value is -1.84. The number of carbonyl (C=O) groups excluding carboxylic acids is 2. The predicted octanol–water partition coefficient (Wildman–Crippen LogP) is 4.81. The van der Waals surface area contributed by atoms with Crippen LogP contribution in [0.15, 0.2) is 24.3 Å². The van der Waals surface area contributed by atoms with Gasteiger partial charge in [-0.2, -0.15) is 0 Å². The van der Waals surface area contributed by atoms with Crippen LogP contribution in [0.3, 0.4) is 0 Å². The molecule has 4 nitrogen and oxygen atoms in total. The molecule has 2 fully saturated rings. The third-order valence-corrected chi connectivity index (χ3v) is 6.39. The summed E-state index contributed by atoms with van der Waals surface area (Å²) in [6.07, 6.45) is 5.57. The van der Waals surface area contributed by atoms with Crippen LogP contribution >= 0.6 is 0 Å². The fourth-order valence-corrected chi connectivity index (χ4v) is 4.29. The van der Waals surface area contributed by atoms with Crippen LogP contribution in [-0.4, -0.2) is 29.8 Å². The first-order valence-corrected chi connectivity index (χ1v) is 10.6. The SMILES string of the molecule is CC1CCN(C(=O)C2CCC(C(=O)Nc3ccc(C(C)C)cc3)CC2)CC1. The normalized spacial score (nSPS) is 24.1. The van der Waals surface area contributed by atoms with E-state index in [9.17, 15) is 9.59 Å². The van der Waals surface area contributed by atoms with Crippen molar-refractivity contribution in [1.82, 2.24) is 4.90 Å². The van der Waals surface area contributed by atoms with E-state index in [2.05, 4.69) is 43.1 Å². The van der Waals surface area contributed by atoms with Gasteiger partial charge in [-0.05, 0) is 68.1 Å². The molecule has 148 valence electrons. The Labute approximate surface area is 163 Å². The molecule has 0 spiro atoms. The van der Waals surface area contributed by atoms with Gasteiger partial charge in [0.25, 0.3) is 0 Å². The van der Waals surface area contributed by atoms with Gasteiger partial charge < -0.3 is 10.2 Å². The molecular weight excluding hydrogens is 336 g/mol. The van der Waals surface area contributed by atoms with Crippen LogP contribution < -0.4 is 5.32 Å². The molecule has 0 unspecified atom stereocenters. The van der Waals surface area contributed by atoms with E-state index in [1.807, 2.05) is 12.1 Å². The predicted molar refractivity (Wildman–Crippen MR) is 110 cm³/mol. The average Bonchev–Trinajstić information content (AvgIpc) is 2.68. The summed E-state index contributed by atoms with van der Waals surface area (Å²) in [5.41, 5.74) is 2.14. The van der Waals surface area contributed by atoms with Gasteiger partial charge in [-0.3, -0.25) is 9.59 Å². The molecule has 3 rings (SSSR count). The van der Waals surface area contributed by atoms with Gasteiger partial charge in [0.15, 0.2) is 0 Å². The largest absolute Gasteiger partial charge is 0.342 e. The number of rotatable bonds is 4. The first-order chi connectivity index (χ1) is 12.9. The second-order valence-corrected chi connectivity index (χ2v) is 8.82. The van der Waals surface area contributed by atoms with Crippen LogP contribution in [0, 0.1) is 17.8 Å². The molecule has 0 aromatic heterocycles. The molecule has 27 heavy (non-hydrogen) atoms. The van der Waals surface area contributed by atoms with Gasteiger partial charge in [-0.1, -0.05) is 32.9 Å². The number of hydrogen-bond acceptors (Lipinski definition) is 2. The van der Waals surface area contributed by atoms with Gasteiger partial charge in [-0.25, -0.2) is 0 Å². The molecule has 1 aromatic rings. The van der Waals surface area contributed by atoms with Gasteiger partial charge in [-0.15, -0.1) is 0 Å². The van der Waals surface area contributed by atoms with Crippen LogP contribution in [-0.2, 0) is 9.59 Å². The lowest BCUT2D eigenvalue weighted by Gasteiger charge is -2.35. The van der Waals surface area contributed by atoms with Crippen LogP contribution in [0.2, 0.25) is 0 Å². The molecule has 1 heterocycles. The van der Waals surface area contributed by atoms with E-state index in [1.54, 1.807) is 0 Å². The molecule has 1 aliphatic heterocycles. The summed E-state index contributed by atoms with van der Waals surface area (Å²) in [5, 5.41) is 3.06. The Morgan fingerprint density at radius 1 is 0.926 bits per heavy atom. The van der Waals surface area contributed by atoms with Crippen molar-refractivity contribution in [3.05, 3.63) is 29.8 Å². The molecule has 1 N–H and O–H groups in total. The number of nitrogens with zero attached hydrogens (tertiary/aromatic N) is 1. The Kier molecular flexibility index (Phi) is 6.56. The van der Waals surface area contributed by atoms with Crippen LogP contribution in [0.5, 0.6) is 0 Å². The number of anilines is 1. The molecule has 1 saturated heterocycles. The lowest BCUT2D eigenvalue weighted by molar-refractivity contribution is -0.139. The summed E-state index contributed by atoms with van der Waals surface area (Å²) in [5.74, 6) is 1.80. The molecule has 0 bridgehead atoms. The Morgan fingerprint density at radius 2 is 1.48 bits per heavy atom. The van der Waals surface area contributed by atoms with E-state index in [4.69, 9.17) is 0 Å². The number of benzene rings is 1. The first-order valence-electron chi connectivity index (χ1n) is 10.6. The maximum atomic E-state index is 12.7. The van der Waals surface area contributed by atoms with Gasteiger partial charge in [0, 0.05) is 30.6 Å². The minimum absolute atomic E-state index is 0.0280. The number of nitrogens with one attached hydrogen (secondary N) is 1. The molecule has 1 aliphatic carbocycles. The minimum atomic E-state index is 0.0280. The zero-order valence-corrected chi connectivity index (χ0v) is 17.0. The van der Waals surface area contributed by atoms with E-state index < -0.39 is 0 Å². The van der Waals surface area contributed by atoms with E-state index in [1.165, 1.54) is 5.56 Å². The molecule has 1 saturated carbocycles. The van der Waals surface area contributed by atoms with Crippen molar-refractivity contribution in [3.63, 3.8) is 0 Å². The molecule has 0 radical (unpaired) electrons. The standard InChI is InChI=1S/C23H34N2O2/c1-16(2)18-8-10-21(11-9-18)24-22(26)19-4-6-20(7-5-19)23(27)25-14-12-17(3)13-15-25/h8-11,16-17,19-20H,4-7,12-15H2,1-3H3,(H,24,26). The maximum absolute atomic E-state index is 12.7. The minimum Gasteiger partial charge on any atom is -0.342 e. The number of piperidine rings is 1. The summed E-state index contributed by atoms with van der Waals surface area (Å²) in [4.78, 5) is 27.4. The zero-order chi connectivity index (χ0) is 19.4. The molecule has 2 aliphatic rings. The highest BCUT2D eigenvalue weighted by Gasteiger charge is 2.33. The highest BCUT2D eigenvalue weighted by Crippen LogP contribution is 2.32. The number of amides is 2. The van der Waals surface area contributed by atoms with Crippen molar-refractivity contribution in [2.75, 3.05) is 18.4 Å². The third-order valence-electron chi connectivity index (χ3n) is 6.39. The van der Waals surface area contributed by atoms with Crippen LogP contribution in [0.1, 0.15) is 70.8 Å². The molecular formula is C23H34N2O2. The smallest absolute Gasteiger partial charge is 0.227 e. The van der Waals surface area contributed by atoms with E-state index >= 15 is 0 Å². The van der Waals surface area contributed by atoms with Crippen molar-refractivity contribution < 1.29 is 9.59 Å². The zero-order valence-electron chi connectivity index (χ0n) is 17.0. The molecule has 4 heteroatoms. The Bertz CT molecular complexity index is 637. The fourth-order valence-electron chi connectivity index (χ4n) is 4.29. The van der Waals surface area contributed by atoms with E-state index in [0.717, 1.165) is 63.2 Å². The van der Waals surface area contributed by atoms with Crippen molar-refractivity contribution in [2.45, 2.75) is 65.2 Å². The number of likely N-dealkylation sites (tertiary alicyclic amines) is 1. The van der Waals surface area contributed by atoms with Gasteiger partial charge in [0.1, 0.15) is 0 Å². The first kappa shape index (κ1) is 19.9. The fraction of sp³-hybridized carbons (Fsp3) is 0.652. The lowest BCUT2D eigenvalue weighted by Crippen LogP contribution is -2.42. The summed E-state index contributed by atoms with van der Waals surface area (Å²) in [6, 6.07) is 8.13. The summed E-state index contributed by atoms with van der Waals surface area (Å²) >= 11 is 0. The molecule has 2 amide bonds. The highest BCUT2D eigenvalue weighted by molar-refractivity contribution is 5.92. The lowest BCUT2D eigenvalue weighted by atomic mass is 9.80. The summed E-state index contributed by atoms with van der Waals surface area (Å²) in [6.45, 7) is 8.41. The molecule has 0 atom stereocenters. The molecule has 1 aromatic carbocycles. The average molecular weight is 371 g/mol. The second kappa shape index (κ2) is 8.90. The van der Waals surface area contributed by atoms with Crippen molar-refractivity contribution in [2.24, 2.45) is 17.8 Å². The van der Waals surface area contributed by atoms with Gasteiger partial charge in [0.2, 0.25) is 11.8 Å². The monoisotopic (exact) mass is 370 g/mol. The van der Waals surface area contributed by atoms with Crippen LogP contribution in [0.25, 0.3) is 0 Å². The topological polar surface area (TPSA) is 49.4 Å². The third kappa shape index (κ3) is 5.12. The second-order valence-electron chi connectivity index (χ2n) is 8.82. The number of carbonyl (C=O) groups is 2. The summed E-state index contributed by atoms with van der Waals surface area (Å²) < 4.78 is 0. The quantitative estimate of drug-likeness (QED) is 0.826. The number of hydrogen-bond donors (Lipinski definition) is 1. The van der Waals surface area contributed by atoms with E-state index in [-0.39, 0.29) is 17.7 Å². The van der Waals surface area contributed by atoms with Crippen molar-refractivity contribution in [1.29, 1.82) is 0 Å². The Morgan fingerprint density at radius 3 is 2.04 bits per heavy atom. The van der Waals surface area contributed by atoms with E-state index in [0.29, 0.717) is 11.8 Å². The van der Waals surface area contributed by atoms with Crippen molar-refractivity contribution >= 4 is 17.5 Å². The maximum Gasteiger partial charge on any atom is 0.227 e.